The molecule has 2 aromatic heterocycles. The molecule has 1 N–H and O–H groups in total. The Labute approximate surface area is 228 Å². The zero-order valence-corrected chi connectivity index (χ0v) is 22.4. The Morgan fingerprint density at radius 3 is 2.38 bits per heavy atom. The molecule has 39 heavy (non-hydrogen) atoms. The predicted molar refractivity (Wildman–Crippen MR) is 157 cm³/mol. The molecule has 4 aromatic rings. The first-order valence-electron chi connectivity index (χ1n) is 13.5. The molecule has 6 rings (SSSR count). The van der Waals surface area contributed by atoms with Crippen molar-refractivity contribution in [3.8, 4) is 18.0 Å². The molecular weight excluding hydrogens is 486 g/mol. The molecular formula is C31H33N7O. The second kappa shape index (κ2) is 10.5. The number of rotatable bonds is 6. The van der Waals surface area contributed by atoms with Crippen molar-refractivity contribution in [2.45, 2.75) is 24.9 Å². The fourth-order valence-corrected chi connectivity index (χ4v) is 5.60. The second-order valence-electron chi connectivity index (χ2n) is 10.6. The van der Waals surface area contributed by atoms with Gasteiger partial charge in [-0.3, -0.25) is 14.3 Å². The van der Waals surface area contributed by atoms with Crippen molar-refractivity contribution in [2.24, 2.45) is 0 Å². The summed E-state index contributed by atoms with van der Waals surface area (Å²) < 4.78 is 1.57. The fraction of sp³-hybridized carbons (Fsp3) is 0.323. The SMILES string of the molecule is C#Cc1cc(=O)n(-c2ccccc2)c2nc(Nc3ccc(N4CCC(N5CC(N(C)C)C5)CC4)cc3)ncc12. The zero-order chi connectivity index (χ0) is 26.9. The van der Waals surface area contributed by atoms with Gasteiger partial charge in [-0.25, -0.2) is 4.98 Å². The van der Waals surface area contributed by atoms with Gasteiger partial charge in [-0.05, 0) is 63.3 Å². The van der Waals surface area contributed by atoms with Crippen LogP contribution in [-0.2, 0) is 0 Å². The van der Waals surface area contributed by atoms with Crippen molar-refractivity contribution < 1.29 is 0 Å². The van der Waals surface area contributed by atoms with Crippen LogP contribution in [0.4, 0.5) is 17.3 Å². The number of hydrogen-bond acceptors (Lipinski definition) is 7. The van der Waals surface area contributed by atoms with Crippen LogP contribution in [0.3, 0.4) is 0 Å². The van der Waals surface area contributed by atoms with Crippen LogP contribution in [-0.4, -0.2) is 76.7 Å². The van der Waals surface area contributed by atoms with Crippen LogP contribution < -0.4 is 15.8 Å². The Bertz CT molecular complexity index is 1560. The molecule has 0 saturated carbocycles. The van der Waals surface area contributed by atoms with Crippen LogP contribution in [0.2, 0.25) is 0 Å². The van der Waals surface area contributed by atoms with Gasteiger partial charge in [-0.15, -0.1) is 6.42 Å². The first kappa shape index (κ1) is 25.1. The molecule has 0 unspecified atom stereocenters. The number of fused-ring (bicyclic) bond motifs is 1. The average Bonchev–Trinajstić information content (AvgIpc) is 2.93. The molecule has 8 heteroatoms. The van der Waals surface area contributed by atoms with Crippen LogP contribution in [0.25, 0.3) is 16.7 Å². The minimum atomic E-state index is -0.231. The maximum atomic E-state index is 13.0. The van der Waals surface area contributed by atoms with Crippen molar-refractivity contribution in [3.05, 3.63) is 82.8 Å². The van der Waals surface area contributed by atoms with Crippen LogP contribution in [0.15, 0.2) is 71.7 Å². The zero-order valence-electron chi connectivity index (χ0n) is 22.4. The number of likely N-dealkylation sites (tertiary alicyclic amines) is 1. The third kappa shape index (κ3) is 4.99. The summed E-state index contributed by atoms with van der Waals surface area (Å²) in [7, 11) is 4.35. The standard InChI is InChI=1S/C31H33N7O/c1-4-22-18-29(39)38(26-8-6-5-7-9-26)30-28(22)19-32-31(34-30)33-23-10-12-24(13-11-23)36-16-14-25(15-17-36)37-20-27(21-37)35(2)3/h1,5-13,18-19,25,27H,14-17,20-21H2,2-3H3,(H,32,33,34). The van der Waals surface area contributed by atoms with E-state index in [2.05, 4.69) is 57.1 Å². The summed E-state index contributed by atoms with van der Waals surface area (Å²) in [5.41, 5.74) is 3.55. The summed E-state index contributed by atoms with van der Waals surface area (Å²) >= 11 is 0. The lowest BCUT2D eigenvalue weighted by Gasteiger charge is -2.49. The molecule has 0 radical (unpaired) electrons. The quantitative estimate of drug-likeness (QED) is 0.390. The number of terminal acetylenes is 1. The summed E-state index contributed by atoms with van der Waals surface area (Å²) in [6.07, 6.45) is 9.76. The van der Waals surface area contributed by atoms with Gasteiger partial charge in [0.15, 0.2) is 5.65 Å². The molecule has 0 atom stereocenters. The number of para-hydroxylation sites is 1. The summed E-state index contributed by atoms with van der Waals surface area (Å²) in [6.45, 7) is 4.53. The molecule has 0 aliphatic carbocycles. The van der Waals surface area contributed by atoms with Gasteiger partial charge in [0.05, 0.1) is 11.1 Å². The van der Waals surface area contributed by atoms with Gasteiger partial charge in [-0.1, -0.05) is 24.1 Å². The van der Waals surface area contributed by atoms with E-state index >= 15 is 0 Å². The van der Waals surface area contributed by atoms with Gasteiger partial charge in [0.2, 0.25) is 5.95 Å². The highest BCUT2D eigenvalue weighted by molar-refractivity contribution is 5.84. The Hall–Kier alpha value is -4.19. The normalized spacial score (nSPS) is 16.8. The van der Waals surface area contributed by atoms with Gasteiger partial charge in [0.25, 0.3) is 5.56 Å². The molecule has 0 amide bonds. The average molecular weight is 520 g/mol. The van der Waals surface area contributed by atoms with E-state index in [-0.39, 0.29) is 5.56 Å². The van der Waals surface area contributed by atoms with Gasteiger partial charge in [-0.2, -0.15) is 4.98 Å². The number of pyridine rings is 1. The van der Waals surface area contributed by atoms with Crippen LogP contribution in [0.1, 0.15) is 18.4 Å². The first-order valence-corrected chi connectivity index (χ1v) is 13.5. The van der Waals surface area contributed by atoms with E-state index in [9.17, 15) is 4.79 Å². The van der Waals surface area contributed by atoms with Crippen LogP contribution in [0, 0.1) is 12.3 Å². The van der Waals surface area contributed by atoms with Crippen molar-refractivity contribution in [1.29, 1.82) is 0 Å². The van der Waals surface area contributed by atoms with E-state index in [4.69, 9.17) is 11.4 Å². The molecule has 4 heterocycles. The van der Waals surface area contributed by atoms with E-state index in [1.165, 1.54) is 37.7 Å². The Balaban J connectivity index is 1.17. The predicted octanol–water partition coefficient (Wildman–Crippen LogP) is 3.72. The number of aromatic nitrogens is 3. The lowest BCUT2D eigenvalue weighted by Crippen LogP contribution is -2.62. The molecule has 198 valence electrons. The molecule has 2 aliphatic rings. The highest BCUT2D eigenvalue weighted by Gasteiger charge is 2.34. The number of benzene rings is 2. The minimum absolute atomic E-state index is 0.231. The number of nitrogens with one attached hydrogen (secondary N) is 1. The molecule has 2 aliphatic heterocycles. The smallest absolute Gasteiger partial charge is 0.258 e. The lowest BCUT2D eigenvalue weighted by atomic mass is 9.96. The van der Waals surface area contributed by atoms with Gasteiger partial charge < -0.3 is 15.1 Å². The molecule has 2 saturated heterocycles. The monoisotopic (exact) mass is 519 g/mol. The van der Waals surface area contributed by atoms with Crippen molar-refractivity contribution in [3.63, 3.8) is 0 Å². The van der Waals surface area contributed by atoms with Crippen molar-refractivity contribution in [2.75, 3.05) is 50.5 Å². The van der Waals surface area contributed by atoms with E-state index < -0.39 is 0 Å². The Morgan fingerprint density at radius 2 is 1.72 bits per heavy atom. The molecule has 0 bridgehead atoms. The minimum Gasteiger partial charge on any atom is -0.371 e. The van der Waals surface area contributed by atoms with Crippen LogP contribution in [0.5, 0.6) is 0 Å². The Morgan fingerprint density at radius 1 is 1.00 bits per heavy atom. The summed E-state index contributed by atoms with van der Waals surface area (Å²) in [6, 6.07) is 20.7. The third-order valence-corrected chi connectivity index (χ3v) is 8.02. The topological polar surface area (TPSA) is 69.5 Å². The number of anilines is 3. The van der Waals surface area contributed by atoms with Gasteiger partial charge in [0.1, 0.15) is 0 Å². The number of hydrogen-bond donors (Lipinski definition) is 1. The maximum absolute atomic E-state index is 13.0. The van der Waals surface area contributed by atoms with Crippen molar-refractivity contribution in [1.82, 2.24) is 24.3 Å². The van der Waals surface area contributed by atoms with Crippen LogP contribution >= 0.6 is 0 Å². The van der Waals surface area contributed by atoms with Crippen molar-refractivity contribution >= 4 is 28.4 Å². The van der Waals surface area contributed by atoms with E-state index in [1.807, 2.05) is 42.5 Å². The van der Waals surface area contributed by atoms with E-state index in [0.29, 0.717) is 34.6 Å². The summed E-state index contributed by atoms with van der Waals surface area (Å²) in [5, 5.41) is 3.95. The Kier molecular flexibility index (Phi) is 6.77. The highest BCUT2D eigenvalue weighted by Crippen LogP contribution is 2.28. The van der Waals surface area contributed by atoms with Gasteiger partial charge >= 0.3 is 0 Å². The lowest BCUT2D eigenvalue weighted by molar-refractivity contribution is 0.0188. The molecule has 8 nitrogen and oxygen atoms in total. The largest absolute Gasteiger partial charge is 0.371 e. The van der Waals surface area contributed by atoms with Gasteiger partial charge in [0, 0.05) is 67.5 Å². The molecule has 0 spiro atoms. The van der Waals surface area contributed by atoms with E-state index in [0.717, 1.165) is 24.5 Å². The third-order valence-electron chi connectivity index (χ3n) is 8.02. The highest BCUT2D eigenvalue weighted by atomic mass is 16.1. The second-order valence-corrected chi connectivity index (χ2v) is 10.6. The number of nitrogens with zero attached hydrogens (tertiary/aromatic N) is 6. The molecule has 2 fully saturated rings. The van der Waals surface area contributed by atoms with E-state index in [1.54, 1.807) is 10.8 Å². The maximum Gasteiger partial charge on any atom is 0.258 e. The molecule has 2 aromatic carbocycles. The number of piperidine rings is 1. The summed E-state index contributed by atoms with van der Waals surface area (Å²) in [5.74, 6) is 3.00. The fourth-order valence-electron chi connectivity index (χ4n) is 5.60. The number of likely N-dealkylation sites (N-methyl/N-ethyl adjacent to an activating group) is 1. The summed E-state index contributed by atoms with van der Waals surface area (Å²) in [4.78, 5) is 29.6. The first-order chi connectivity index (χ1) is 19.0.